The molecule has 1 aromatic carbocycles. The van der Waals surface area contributed by atoms with Gasteiger partial charge in [-0.2, -0.15) is 0 Å². The Morgan fingerprint density at radius 2 is 2.21 bits per heavy atom. The molecule has 0 spiro atoms. The number of aliphatic hydroxyl groups is 1. The SMILES string of the molecule is CC1(C)Cc2cc(CO)cc(Cl)c2O1. The van der Waals surface area contributed by atoms with E-state index in [1.54, 1.807) is 6.07 Å². The molecule has 0 saturated heterocycles. The van der Waals surface area contributed by atoms with Crippen molar-refractivity contribution in [2.75, 3.05) is 0 Å². The second kappa shape index (κ2) is 3.14. The lowest BCUT2D eigenvalue weighted by molar-refractivity contribution is 0.138. The maximum Gasteiger partial charge on any atom is 0.142 e. The minimum atomic E-state index is -0.181. The second-order valence-corrected chi connectivity index (χ2v) is 4.67. The van der Waals surface area contributed by atoms with Gasteiger partial charge in [-0.15, -0.1) is 0 Å². The fraction of sp³-hybridized carbons (Fsp3) is 0.455. The maximum absolute atomic E-state index is 9.02. The van der Waals surface area contributed by atoms with Crippen LogP contribution in [0.15, 0.2) is 12.1 Å². The topological polar surface area (TPSA) is 29.5 Å². The Hall–Kier alpha value is -0.730. The highest BCUT2D eigenvalue weighted by atomic mass is 35.5. The Bertz CT molecular complexity index is 372. The van der Waals surface area contributed by atoms with Crippen molar-refractivity contribution in [2.24, 2.45) is 0 Å². The number of halogens is 1. The zero-order chi connectivity index (χ0) is 10.3. The van der Waals surface area contributed by atoms with E-state index in [4.69, 9.17) is 21.4 Å². The van der Waals surface area contributed by atoms with E-state index in [1.165, 1.54) is 0 Å². The van der Waals surface area contributed by atoms with Gasteiger partial charge in [0, 0.05) is 12.0 Å². The molecule has 2 nitrogen and oxygen atoms in total. The van der Waals surface area contributed by atoms with Crippen molar-refractivity contribution in [3.05, 3.63) is 28.3 Å². The first-order valence-corrected chi connectivity index (χ1v) is 5.01. The highest BCUT2D eigenvalue weighted by Crippen LogP contribution is 2.40. The number of benzene rings is 1. The molecule has 0 radical (unpaired) electrons. The predicted octanol–water partition coefficient (Wildman–Crippen LogP) is 2.55. The number of aliphatic hydroxyl groups excluding tert-OH is 1. The van der Waals surface area contributed by atoms with Crippen LogP contribution in [-0.4, -0.2) is 10.7 Å². The van der Waals surface area contributed by atoms with Gasteiger partial charge >= 0.3 is 0 Å². The Morgan fingerprint density at radius 1 is 1.50 bits per heavy atom. The van der Waals surface area contributed by atoms with Crippen LogP contribution in [0.4, 0.5) is 0 Å². The molecule has 0 aliphatic carbocycles. The summed E-state index contributed by atoms with van der Waals surface area (Å²) < 4.78 is 5.71. The first kappa shape index (κ1) is 9.81. The Kier molecular flexibility index (Phi) is 2.20. The molecule has 2 rings (SSSR count). The van der Waals surface area contributed by atoms with Crippen LogP contribution in [0, 0.1) is 0 Å². The molecule has 1 aromatic rings. The van der Waals surface area contributed by atoms with Gasteiger partial charge < -0.3 is 9.84 Å². The monoisotopic (exact) mass is 212 g/mol. The van der Waals surface area contributed by atoms with Crippen LogP contribution < -0.4 is 4.74 Å². The number of rotatable bonds is 1. The Morgan fingerprint density at radius 3 is 2.86 bits per heavy atom. The lowest BCUT2D eigenvalue weighted by atomic mass is 10.0. The zero-order valence-corrected chi connectivity index (χ0v) is 9.06. The van der Waals surface area contributed by atoms with E-state index in [0.29, 0.717) is 5.02 Å². The third-order valence-corrected chi connectivity index (χ3v) is 2.64. The summed E-state index contributed by atoms with van der Waals surface area (Å²) >= 11 is 6.04. The average molecular weight is 213 g/mol. The molecule has 0 atom stereocenters. The molecule has 3 heteroatoms. The molecule has 0 amide bonds. The third kappa shape index (κ3) is 1.60. The van der Waals surface area contributed by atoms with E-state index in [9.17, 15) is 0 Å². The second-order valence-electron chi connectivity index (χ2n) is 4.26. The van der Waals surface area contributed by atoms with Gasteiger partial charge in [0.15, 0.2) is 0 Å². The van der Waals surface area contributed by atoms with Crippen LogP contribution in [0.3, 0.4) is 0 Å². The number of ether oxygens (including phenoxy) is 1. The van der Waals surface area contributed by atoms with Crippen molar-refractivity contribution in [1.29, 1.82) is 0 Å². The maximum atomic E-state index is 9.02. The van der Waals surface area contributed by atoms with Crippen molar-refractivity contribution in [3.63, 3.8) is 0 Å². The van der Waals surface area contributed by atoms with Crippen molar-refractivity contribution >= 4 is 11.6 Å². The van der Waals surface area contributed by atoms with Gasteiger partial charge in [-0.1, -0.05) is 11.6 Å². The summed E-state index contributed by atoms with van der Waals surface area (Å²) in [6, 6.07) is 3.71. The highest BCUT2D eigenvalue weighted by molar-refractivity contribution is 6.32. The molecule has 76 valence electrons. The molecule has 0 unspecified atom stereocenters. The zero-order valence-electron chi connectivity index (χ0n) is 8.30. The minimum absolute atomic E-state index is 0.0213. The summed E-state index contributed by atoms with van der Waals surface area (Å²) in [7, 11) is 0. The van der Waals surface area contributed by atoms with Crippen molar-refractivity contribution in [2.45, 2.75) is 32.5 Å². The summed E-state index contributed by atoms with van der Waals surface area (Å²) in [4.78, 5) is 0. The molecular weight excluding hydrogens is 200 g/mol. The summed E-state index contributed by atoms with van der Waals surface area (Å²) in [5.74, 6) is 0.772. The summed E-state index contributed by atoms with van der Waals surface area (Å²) in [6.07, 6.45) is 0.843. The number of fused-ring (bicyclic) bond motifs is 1. The minimum Gasteiger partial charge on any atom is -0.486 e. The lowest BCUT2D eigenvalue weighted by Crippen LogP contribution is -2.24. The van der Waals surface area contributed by atoms with Gasteiger partial charge in [-0.3, -0.25) is 0 Å². The first-order chi connectivity index (χ1) is 6.52. The molecule has 1 N–H and O–H groups in total. The number of hydrogen-bond acceptors (Lipinski definition) is 2. The molecule has 1 heterocycles. The standard InChI is InChI=1S/C11H13ClO2/c1-11(2)5-8-3-7(6-13)4-9(12)10(8)14-11/h3-4,13H,5-6H2,1-2H3. The smallest absolute Gasteiger partial charge is 0.142 e. The van der Waals surface area contributed by atoms with Gasteiger partial charge in [0.2, 0.25) is 0 Å². The quantitative estimate of drug-likeness (QED) is 0.775. The van der Waals surface area contributed by atoms with Crippen molar-refractivity contribution < 1.29 is 9.84 Å². The van der Waals surface area contributed by atoms with Gasteiger partial charge in [0.25, 0.3) is 0 Å². The lowest BCUT2D eigenvalue weighted by Gasteiger charge is -2.17. The van der Waals surface area contributed by atoms with E-state index >= 15 is 0 Å². The van der Waals surface area contributed by atoms with Gasteiger partial charge in [-0.05, 0) is 31.5 Å². The van der Waals surface area contributed by atoms with Gasteiger partial charge in [-0.25, -0.2) is 0 Å². The van der Waals surface area contributed by atoms with E-state index in [1.807, 2.05) is 19.9 Å². The molecule has 14 heavy (non-hydrogen) atoms. The van der Waals surface area contributed by atoms with Crippen LogP contribution in [0.1, 0.15) is 25.0 Å². The van der Waals surface area contributed by atoms with E-state index in [0.717, 1.165) is 23.3 Å². The normalized spacial score (nSPS) is 17.7. The van der Waals surface area contributed by atoms with E-state index in [-0.39, 0.29) is 12.2 Å². The molecular formula is C11H13ClO2. The van der Waals surface area contributed by atoms with Crippen LogP contribution >= 0.6 is 11.6 Å². The fourth-order valence-corrected chi connectivity index (χ4v) is 2.12. The van der Waals surface area contributed by atoms with Crippen LogP contribution in [0.25, 0.3) is 0 Å². The predicted molar refractivity (Wildman–Crippen MR) is 55.8 cm³/mol. The Labute approximate surface area is 88.5 Å². The largest absolute Gasteiger partial charge is 0.486 e. The highest BCUT2D eigenvalue weighted by Gasteiger charge is 2.31. The van der Waals surface area contributed by atoms with E-state index in [2.05, 4.69) is 0 Å². The molecule has 1 aliphatic heterocycles. The van der Waals surface area contributed by atoms with Crippen LogP contribution in [0.5, 0.6) is 5.75 Å². The summed E-state index contributed by atoms with van der Waals surface area (Å²) in [6.45, 7) is 4.08. The molecule has 0 fully saturated rings. The van der Waals surface area contributed by atoms with Crippen LogP contribution in [0.2, 0.25) is 5.02 Å². The van der Waals surface area contributed by atoms with E-state index < -0.39 is 0 Å². The summed E-state index contributed by atoms with van der Waals surface area (Å²) in [5.41, 5.74) is 1.75. The van der Waals surface area contributed by atoms with Crippen molar-refractivity contribution in [1.82, 2.24) is 0 Å². The number of hydrogen-bond donors (Lipinski definition) is 1. The van der Waals surface area contributed by atoms with Crippen molar-refractivity contribution in [3.8, 4) is 5.75 Å². The average Bonchev–Trinajstić information content (AvgIpc) is 2.40. The molecule has 0 aromatic heterocycles. The molecule has 0 saturated carbocycles. The summed E-state index contributed by atoms with van der Waals surface area (Å²) in [5, 5.41) is 9.62. The van der Waals surface area contributed by atoms with Crippen LogP contribution in [-0.2, 0) is 13.0 Å². The Balaban J connectivity index is 2.47. The molecule has 1 aliphatic rings. The third-order valence-electron chi connectivity index (χ3n) is 2.36. The van der Waals surface area contributed by atoms with Gasteiger partial charge in [0.1, 0.15) is 11.4 Å². The first-order valence-electron chi connectivity index (χ1n) is 4.63. The fourth-order valence-electron chi connectivity index (χ4n) is 1.82. The van der Waals surface area contributed by atoms with Gasteiger partial charge in [0.05, 0.1) is 11.6 Å². The molecule has 0 bridgehead atoms.